The third-order valence-electron chi connectivity index (χ3n) is 5.90. The van der Waals surface area contributed by atoms with E-state index in [2.05, 4.69) is 4.98 Å². The standard InChI is InChI=1S/C24H20ClFN2O3/c1-24(13-19(24)21(29)11-17-7-6-16(25)14-27-17)22(30)10-15-5-8-18(12-20(15)26)28-9-3-2-4-23(28)31/h2-9,12,14,19H,10-11,13H2,1H3/t19-,24-/m1/s1. The SMILES string of the molecule is C[C@@]1(C(=O)Cc2ccc(-n3ccccc3=O)cc2F)C[C@@H]1C(=O)Cc1ccc(Cl)cn1. The topological polar surface area (TPSA) is 69.0 Å². The summed E-state index contributed by atoms with van der Waals surface area (Å²) >= 11 is 5.81. The van der Waals surface area contributed by atoms with Crippen LogP contribution in [0.5, 0.6) is 0 Å². The zero-order chi connectivity index (χ0) is 22.2. The summed E-state index contributed by atoms with van der Waals surface area (Å²) in [6, 6.07) is 12.4. The van der Waals surface area contributed by atoms with Crippen molar-refractivity contribution >= 4 is 23.2 Å². The van der Waals surface area contributed by atoms with E-state index in [4.69, 9.17) is 11.6 Å². The van der Waals surface area contributed by atoms with E-state index >= 15 is 0 Å². The van der Waals surface area contributed by atoms with Gasteiger partial charge in [-0.25, -0.2) is 4.39 Å². The van der Waals surface area contributed by atoms with Gasteiger partial charge < -0.3 is 0 Å². The van der Waals surface area contributed by atoms with Crippen LogP contribution in [0.4, 0.5) is 4.39 Å². The molecule has 1 aliphatic rings. The van der Waals surface area contributed by atoms with Crippen molar-refractivity contribution in [1.82, 2.24) is 9.55 Å². The van der Waals surface area contributed by atoms with E-state index in [0.29, 0.717) is 22.8 Å². The number of benzene rings is 1. The van der Waals surface area contributed by atoms with Crippen molar-refractivity contribution in [2.24, 2.45) is 11.3 Å². The van der Waals surface area contributed by atoms with Crippen molar-refractivity contribution in [1.29, 1.82) is 0 Å². The maximum atomic E-state index is 14.7. The number of halogens is 2. The Labute approximate surface area is 183 Å². The number of hydrogen-bond acceptors (Lipinski definition) is 4. The fraction of sp³-hybridized carbons (Fsp3) is 0.250. The molecule has 4 rings (SSSR count). The molecule has 158 valence electrons. The second kappa shape index (κ2) is 8.19. The molecule has 2 atom stereocenters. The predicted octanol–water partition coefficient (Wildman–Crippen LogP) is 3.97. The monoisotopic (exact) mass is 438 g/mol. The molecule has 0 unspecified atom stereocenters. The van der Waals surface area contributed by atoms with Gasteiger partial charge >= 0.3 is 0 Å². The molecule has 5 nitrogen and oxygen atoms in total. The van der Waals surface area contributed by atoms with Crippen LogP contribution in [0.15, 0.2) is 65.7 Å². The van der Waals surface area contributed by atoms with E-state index in [-0.39, 0.29) is 41.4 Å². The Kier molecular flexibility index (Phi) is 5.58. The van der Waals surface area contributed by atoms with Crippen LogP contribution < -0.4 is 5.56 Å². The van der Waals surface area contributed by atoms with Gasteiger partial charge in [0.05, 0.1) is 10.7 Å². The summed E-state index contributed by atoms with van der Waals surface area (Å²) in [4.78, 5) is 41.5. The summed E-state index contributed by atoms with van der Waals surface area (Å²) in [5, 5.41) is 0.493. The molecule has 1 aromatic carbocycles. The van der Waals surface area contributed by atoms with Crippen molar-refractivity contribution in [3.05, 3.63) is 93.4 Å². The molecule has 0 amide bonds. The van der Waals surface area contributed by atoms with Crippen molar-refractivity contribution in [2.45, 2.75) is 26.2 Å². The van der Waals surface area contributed by atoms with Crippen LogP contribution in [-0.2, 0) is 22.4 Å². The zero-order valence-corrected chi connectivity index (χ0v) is 17.6. The van der Waals surface area contributed by atoms with Gasteiger partial charge in [0.2, 0.25) is 0 Å². The van der Waals surface area contributed by atoms with Crippen LogP contribution in [0.3, 0.4) is 0 Å². The summed E-state index contributed by atoms with van der Waals surface area (Å²) in [7, 11) is 0. The first-order valence-electron chi connectivity index (χ1n) is 9.91. The number of Topliss-reactive ketones (excluding diaryl/α,β-unsaturated/α-hetero) is 2. The molecule has 0 aliphatic heterocycles. The minimum Gasteiger partial charge on any atom is -0.299 e. The molecule has 0 N–H and O–H groups in total. The molecule has 2 heterocycles. The average molecular weight is 439 g/mol. The Balaban J connectivity index is 1.43. The maximum absolute atomic E-state index is 14.7. The smallest absolute Gasteiger partial charge is 0.255 e. The van der Waals surface area contributed by atoms with E-state index < -0.39 is 11.2 Å². The number of pyridine rings is 2. The van der Waals surface area contributed by atoms with E-state index in [1.54, 1.807) is 43.5 Å². The van der Waals surface area contributed by atoms with Crippen LogP contribution in [0.25, 0.3) is 5.69 Å². The molecule has 0 bridgehead atoms. The summed E-state index contributed by atoms with van der Waals surface area (Å²) in [6.07, 6.45) is 3.53. The lowest BCUT2D eigenvalue weighted by molar-refractivity contribution is -0.127. The quantitative estimate of drug-likeness (QED) is 0.559. The first-order chi connectivity index (χ1) is 14.8. The molecule has 0 radical (unpaired) electrons. The molecular weight excluding hydrogens is 419 g/mol. The third kappa shape index (κ3) is 4.35. The number of aromatic nitrogens is 2. The molecule has 1 saturated carbocycles. The third-order valence-corrected chi connectivity index (χ3v) is 6.12. The number of rotatable bonds is 7. The van der Waals surface area contributed by atoms with Gasteiger partial charge in [-0.15, -0.1) is 0 Å². The number of nitrogens with zero attached hydrogens (tertiary/aromatic N) is 2. The van der Waals surface area contributed by atoms with Gasteiger partial charge in [-0.05, 0) is 42.3 Å². The van der Waals surface area contributed by atoms with Gasteiger partial charge in [0.25, 0.3) is 5.56 Å². The fourth-order valence-corrected chi connectivity index (χ4v) is 3.91. The van der Waals surface area contributed by atoms with Crippen LogP contribution in [0, 0.1) is 17.2 Å². The zero-order valence-electron chi connectivity index (χ0n) is 16.8. The van der Waals surface area contributed by atoms with Gasteiger partial charge in [-0.2, -0.15) is 0 Å². The maximum Gasteiger partial charge on any atom is 0.255 e. The summed E-state index contributed by atoms with van der Waals surface area (Å²) in [6.45, 7) is 1.75. The van der Waals surface area contributed by atoms with Crippen molar-refractivity contribution in [2.75, 3.05) is 0 Å². The molecule has 31 heavy (non-hydrogen) atoms. The lowest BCUT2D eigenvalue weighted by atomic mass is 9.92. The molecule has 1 aliphatic carbocycles. The van der Waals surface area contributed by atoms with E-state index in [9.17, 15) is 18.8 Å². The highest BCUT2D eigenvalue weighted by atomic mass is 35.5. The largest absolute Gasteiger partial charge is 0.299 e. The molecule has 3 aromatic rings. The fourth-order valence-electron chi connectivity index (χ4n) is 3.80. The van der Waals surface area contributed by atoms with Crippen molar-refractivity contribution < 1.29 is 14.0 Å². The van der Waals surface area contributed by atoms with E-state index in [0.717, 1.165) is 0 Å². The Hall–Kier alpha value is -3.12. The highest BCUT2D eigenvalue weighted by Crippen LogP contribution is 2.54. The van der Waals surface area contributed by atoms with Crippen LogP contribution >= 0.6 is 11.6 Å². The summed E-state index contributed by atoms with van der Waals surface area (Å²) < 4.78 is 16.0. The van der Waals surface area contributed by atoms with Gasteiger partial charge in [-0.1, -0.05) is 30.7 Å². The molecule has 7 heteroatoms. The lowest BCUT2D eigenvalue weighted by Gasteiger charge is -2.12. The van der Waals surface area contributed by atoms with E-state index in [1.165, 1.54) is 29.0 Å². The molecule has 2 aromatic heterocycles. The number of carbonyl (C=O) groups is 2. The summed E-state index contributed by atoms with van der Waals surface area (Å²) in [5.41, 5.74) is 0.184. The summed E-state index contributed by atoms with van der Waals surface area (Å²) in [5.74, 6) is -1.16. The van der Waals surface area contributed by atoms with Crippen molar-refractivity contribution in [3.63, 3.8) is 0 Å². The van der Waals surface area contributed by atoms with Gasteiger partial charge in [-0.3, -0.25) is 23.9 Å². The van der Waals surface area contributed by atoms with Gasteiger partial charge in [0, 0.05) is 48.3 Å². The highest BCUT2D eigenvalue weighted by molar-refractivity contribution is 6.30. The number of ketones is 2. The lowest BCUT2D eigenvalue weighted by Crippen LogP contribution is -2.22. The molecular formula is C24H20ClFN2O3. The minimum absolute atomic E-state index is 0.0510. The average Bonchev–Trinajstić information content (AvgIpc) is 3.45. The molecule has 0 spiro atoms. The normalized spacial score (nSPS) is 19.8. The Bertz CT molecular complexity index is 1220. The second-order valence-electron chi connectivity index (χ2n) is 8.07. The second-order valence-corrected chi connectivity index (χ2v) is 8.51. The van der Waals surface area contributed by atoms with Gasteiger partial charge in [0.1, 0.15) is 17.4 Å². The Morgan fingerprint density at radius 2 is 2.00 bits per heavy atom. The van der Waals surface area contributed by atoms with Gasteiger partial charge in [0.15, 0.2) is 0 Å². The predicted molar refractivity (Wildman–Crippen MR) is 115 cm³/mol. The van der Waals surface area contributed by atoms with E-state index in [1.807, 2.05) is 0 Å². The number of hydrogen-bond donors (Lipinski definition) is 0. The Morgan fingerprint density at radius 3 is 2.68 bits per heavy atom. The highest BCUT2D eigenvalue weighted by Gasteiger charge is 2.58. The van der Waals surface area contributed by atoms with Crippen LogP contribution in [0.1, 0.15) is 24.6 Å². The number of carbonyl (C=O) groups excluding carboxylic acids is 2. The molecule has 0 saturated heterocycles. The Morgan fingerprint density at radius 1 is 1.19 bits per heavy atom. The first kappa shape index (κ1) is 21.1. The van der Waals surface area contributed by atoms with Crippen LogP contribution in [0.2, 0.25) is 5.02 Å². The minimum atomic E-state index is -0.787. The molecule has 1 fully saturated rings. The van der Waals surface area contributed by atoms with Crippen LogP contribution in [-0.4, -0.2) is 21.1 Å². The van der Waals surface area contributed by atoms with Crippen molar-refractivity contribution in [3.8, 4) is 5.69 Å². The first-order valence-corrected chi connectivity index (χ1v) is 10.3.